The Kier molecular flexibility index (Phi) is 5.24. The number of aryl methyl sites for hydroxylation is 2. The Hall–Kier alpha value is -1.11. The molecule has 0 amide bonds. The van der Waals surface area contributed by atoms with Gasteiger partial charge in [0.25, 0.3) is 0 Å². The third-order valence-electron chi connectivity index (χ3n) is 3.89. The molecule has 1 aliphatic heterocycles. The summed E-state index contributed by atoms with van der Waals surface area (Å²) in [6.45, 7) is 6.21. The number of sulfonamides is 1. The summed E-state index contributed by atoms with van der Waals surface area (Å²) >= 11 is 0. The monoisotopic (exact) mass is 312 g/mol. The first-order valence-corrected chi connectivity index (χ1v) is 8.78. The summed E-state index contributed by atoms with van der Waals surface area (Å²) in [5, 5.41) is 3.29. The van der Waals surface area contributed by atoms with E-state index >= 15 is 0 Å². The van der Waals surface area contributed by atoms with Crippen molar-refractivity contribution in [2.45, 2.75) is 31.6 Å². The molecular formula is C15H24N2O3S. The van der Waals surface area contributed by atoms with Crippen molar-refractivity contribution in [3.05, 3.63) is 23.3 Å². The van der Waals surface area contributed by atoms with Crippen molar-refractivity contribution in [3.8, 4) is 5.75 Å². The zero-order chi connectivity index (χ0) is 15.5. The van der Waals surface area contributed by atoms with Crippen LogP contribution in [0.2, 0.25) is 0 Å². The van der Waals surface area contributed by atoms with E-state index in [1.807, 2.05) is 19.9 Å². The van der Waals surface area contributed by atoms with Crippen molar-refractivity contribution >= 4 is 10.0 Å². The van der Waals surface area contributed by atoms with Crippen LogP contribution < -0.4 is 14.8 Å². The Labute approximate surface area is 127 Å². The van der Waals surface area contributed by atoms with Gasteiger partial charge in [0, 0.05) is 6.54 Å². The van der Waals surface area contributed by atoms with Crippen LogP contribution in [0.25, 0.3) is 0 Å². The zero-order valence-electron chi connectivity index (χ0n) is 12.9. The molecule has 0 aliphatic carbocycles. The number of hydrogen-bond donors (Lipinski definition) is 2. The summed E-state index contributed by atoms with van der Waals surface area (Å²) in [6.07, 6.45) is 1.98. The normalized spacial score (nSPS) is 18.9. The van der Waals surface area contributed by atoms with Crippen molar-refractivity contribution < 1.29 is 13.2 Å². The molecule has 0 spiro atoms. The number of ether oxygens (including phenoxy) is 1. The molecule has 1 aromatic carbocycles. The predicted molar refractivity (Wildman–Crippen MR) is 83.3 cm³/mol. The summed E-state index contributed by atoms with van der Waals surface area (Å²) in [5.41, 5.74) is 1.74. The lowest BCUT2D eigenvalue weighted by Crippen LogP contribution is -2.27. The molecule has 1 aliphatic rings. The molecule has 0 radical (unpaired) electrons. The molecule has 1 unspecified atom stereocenters. The van der Waals surface area contributed by atoms with Crippen LogP contribution in [-0.4, -0.2) is 35.2 Å². The molecule has 0 aromatic heterocycles. The van der Waals surface area contributed by atoms with Crippen LogP contribution in [0, 0.1) is 19.8 Å². The Morgan fingerprint density at radius 1 is 1.38 bits per heavy atom. The summed E-state index contributed by atoms with van der Waals surface area (Å²) in [4.78, 5) is 0.229. The third kappa shape index (κ3) is 3.96. The fourth-order valence-electron chi connectivity index (χ4n) is 2.81. The van der Waals surface area contributed by atoms with Crippen LogP contribution in [0.3, 0.4) is 0 Å². The van der Waals surface area contributed by atoms with Crippen LogP contribution in [0.1, 0.15) is 24.0 Å². The summed E-state index contributed by atoms with van der Waals surface area (Å²) < 4.78 is 32.9. The Morgan fingerprint density at radius 3 is 2.76 bits per heavy atom. The minimum atomic E-state index is -3.54. The van der Waals surface area contributed by atoms with Gasteiger partial charge in [0.1, 0.15) is 10.6 Å². The molecule has 5 nitrogen and oxygen atoms in total. The van der Waals surface area contributed by atoms with Gasteiger partial charge in [-0.3, -0.25) is 0 Å². The van der Waals surface area contributed by atoms with Gasteiger partial charge in [-0.2, -0.15) is 0 Å². The van der Waals surface area contributed by atoms with E-state index in [1.165, 1.54) is 7.11 Å². The number of rotatable bonds is 6. The lowest BCUT2D eigenvalue weighted by molar-refractivity contribution is 0.399. The SMILES string of the molecule is COc1c(C)cc(C)cc1S(=O)(=O)NCCC1CCNC1. The van der Waals surface area contributed by atoms with Crippen LogP contribution in [-0.2, 0) is 10.0 Å². The van der Waals surface area contributed by atoms with Crippen LogP contribution >= 0.6 is 0 Å². The smallest absolute Gasteiger partial charge is 0.244 e. The Bertz CT molecular complexity index is 593. The van der Waals surface area contributed by atoms with Gasteiger partial charge in [-0.1, -0.05) is 6.07 Å². The van der Waals surface area contributed by atoms with Crippen molar-refractivity contribution in [3.63, 3.8) is 0 Å². The van der Waals surface area contributed by atoms with Gasteiger partial charge in [0.15, 0.2) is 0 Å². The van der Waals surface area contributed by atoms with E-state index in [4.69, 9.17) is 4.74 Å². The highest BCUT2D eigenvalue weighted by Gasteiger charge is 2.22. The molecular weight excluding hydrogens is 288 g/mol. The molecule has 1 aromatic rings. The highest BCUT2D eigenvalue weighted by Crippen LogP contribution is 2.29. The summed E-state index contributed by atoms with van der Waals surface area (Å²) in [5.74, 6) is 0.990. The second kappa shape index (κ2) is 6.77. The number of methoxy groups -OCH3 is 1. The highest BCUT2D eigenvalue weighted by molar-refractivity contribution is 7.89. The van der Waals surface area contributed by atoms with Crippen molar-refractivity contribution in [2.24, 2.45) is 5.92 Å². The molecule has 1 fully saturated rings. The zero-order valence-corrected chi connectivity index (χ0v) is 13.7. The first-order chi connectivity index (χ1) is 9.94. The number of hydrogen-bond acceptors (Lipinski definition) is 4. The summed E-state index contributed by atoms with van der Waals surface area (Å²) in [6, 6.07) is 3.58. The average Bonchev–Trinajstić information content (AvgIpc) is 2.91. The summed E-state index contributed by atoms with van der Waals surface area (Å²) in [7, 11) is -2.03. The highest BCUT2D eigenvalue weighted by atomic mass is 32.2. The fraction of sp³-hybridized carbons (Fsp3) is 0.600. The van der Waals surface area contributed by atoms with Gasteiger partial charge in [0.2, 0.25) is 10.0 Å². The largest absolute Gasteiger partial charge is 0.495 e. The van der Waals surface area contributed by atoms with Gasteiger partial charge in [0.05, 0.1) is 7.11 Å². The second-order valence-electron chi connectivity index (χ2n) is 5.66. The van der Waals surface area contributed by atoms with E-state index in [2.05, 4.69) is 10.0 Å². The van der Waals surface area contributed by atoms with Crippen molar-refractivity contribution in [1.82, 2.24) is 10.0 Å². The topological polar surface area (TPSA) is 67.4 Å². The molecule has 118 valence electrons. The molecule has 2 rings (SSSR count). The van der Waals surface area contributed by atoms with Gasteiger partial charge in [-0.25, -0.2) is 13.1 Å². The van der Waals surface area contributed by atoms with Gasteiger partial charge in [-0.05, 0) is 62.9 Å². The Balaban J connectivity index is 2.11. The molecule has 1 saturated heterocycles. The maximum absolute atomic E-state index is 12.5. The maximum Gasteiger partial charge on any atom is 0.244 e. The van der Waals surface area contributed by atoms with Crippen LogP contribution in [0.15, 0.2) is 17.0 Å². The molecule has 2 N–H and O–H groups in total. The molecule has 1 heterocycles. The first kappa shape index (κ1) is 16.3. The fourth-order valence-corrected chi connectivity index (χ4v) is 4.18. The van der Waals surface area contributed by atoms with Crippen molar-refractivity contribution in [1.29, 1.82) is 0 Å². The van der Waals surface area contributed by atoms with E-state index in [-0.39, 0.29) is 4.90 Å². The lowest BCUT2D eigenvalue weighted by atomic mass is 10.1. The van der Waals surface area contributed by atoms with E-state index in [0.29, 0.717) is 18.2 Å². The minimum Gasteiger partial charge on any atom is -0.495 e. The van der Waals surface area contributed by atoms with Crippen LogP contribution in [0.5, 0.6) is 5.75 Å². The Morgan fingerprint density at radius 2 is 2.14 bits per heavy atom. The quantitative estimate of drug-likeness (QED) is 0.837. The molecule has 0 bridgehead atoms. The number of nitrogens with one attached hydrogen (secondary N) is 2. The standard InChI is InChI=1S/C15H24N2O3S/c1-11-8-12(2)15(20-3)14(9-11)21(18,19)17-7-5-13-4-6-16-10-13/h8-9,13,16-17H,4-7,10H2,1-3H3. The van der Waals surface area contributed by atoms with Crippen molar-refractivity contribution in [2.75, 3.05) is 26.7 Å². The first-order valence-electron chi connectivity index (χ1n) is 7.29. The lowest BCUT2D eigenvalue weighted by Gasteiger charge is -2.15. The van der Waals surface area contributed by atoms with Crippen LogP contribution in [0.4, 0.5) is 0 Å². The van der Waals surface area contributed by atoms with Gasteiger partial charge >= 0.3 is 0 Å². The van der Waals surface area contributed by atoms with E-state index < -0.39 is 10.0 Å². The molecule has 21 heavy (non-hydrogen) atoms. The second-order valence-corrected chi connectivity index (χ2v) is 7.39. The van der Waals surface area contributed by atoms with E-state index in [1.54, 1.807) is 6.07 Å². The van der Waals surface area contributed by atoms with E-state index in [0.717, 1.165) is 37.1 Å². The predicted octanol–water partition coefficient (Wildman–Crippen LogP) is 1.59. The third-order valence-corrected chi connectivity index (χ3v) is 5.35. The average molecular weight is 312 g/mol. The molecule has 6 heteroatoms. The maximum atomic E-state index is 12.5. The van der Waals surface area contributed by atoms with Gasteiger partial charge in [-0.15, -0.1) is 0 Å². The number of benzene rings is 1. The molecule has 0 saturated carbocycles. The van der Waals surface area contributed by atoms with Gasteiger partial charge < -0.3 is 10.1 Å². The molecule has 1 atom stereocenters. The van der Waals surface area contributed by atoms with E-state index in [9.17, 15) is 8.42 Å². The minimum absolute atomic E-state index is 0.229.